The van der Waals surface area contributed by atoms with Crippen LogP contribution >= 0.6 is 0 Å². The third-order valence-electron chi connectivity index (χ3n) is 4.31. The lowest BCUT2D eigenvalue weighted by Crippen LogP contribution is -2.43. The molecule has 1 atom stereocenters. The molecule has 1 aromatic carbocycles. The maximum atomic E-state index is 12.8. The predicted octanol–water partition coefficient (Wildman–Crippen LogP) is 3.92. The van der Waals surface area contributed by atoms with Crippen LogP contribution in [0.4, 0.5) is 13.2 Å². The normalized spacial score (nSPS) is 18.0. The van der Waals surface area contributed by atoms with E-state index < -0.39 is 17.6 Å². The van der Waals surface area contributed by atoms with Crippen LogP contribution < -0.4 is 0 Å². The predicted molar refractivity (Wildman–Crippen MR) is 89.4 cm³/mol. The molecular weight excluding hydrogens is 345 g/mol. The van der Waals surface area contributed by atoms with Crippen LogP contribution in [-0.2, 0) is 17.5 Å². The van der Waals surface area contributed by atoms with E-state index in [2.05, 4.69) is 4.98 Å². The number of likely N-dealkylation sites (tertiary alicyclic amines) is 1. The molecule has 0 spiro atoms. The number of carbonyl (C=O) groups is 1. The van der Waals surface area contributed by atoms with Crippen LogP contribution in [0.3, 0.4) is 0 Å². The Morgan fingerprint density at radius 3 is 2.85 bits per heavy atom. The number of carbonyl (C=O) groups excluding carboxylic acids is 1. The highest BCUT2D eigenvalue weighted by Crippen LogP contribution is 2.30. The summed E-state index contributed by atoms with van der Waals surface area (Å²) in [7, 11) is 0. The Kier molecular flexibility index (Phi) is 5.56. The van der Waals surface area contributed by atoms with E-state index in [0.717, 1.165) is 30.5 Å². The minimum Gasteiger partial charge on any atom is -0.372 e. The Bertz CT molecular complexity index is 750. The van der Waals surface area contributed by atoms with Gasteiger partial charge in [0.25, 0.3) is 5.91 Å². The fourth-order valence-electron chi connectivity index (χ4n) is 2.97. The van der Waals surface area contributed by atoms with Gasteiger partial charge in [0.05, 0.1) is 18.3 Å². The summed E-state index contributed by atoms with van der Waals surface area (Å²) >= 11 is 0. The zero-order chi connectivity index (χ0) is 18.6. The molecule has 0 radical (unpaired) electrons. The molecule has 2 heterocycles. The number of benzene rings is 1. The first-order chi connectivity index (χ1) is 12.4. The summed E-state index contributed by atoms with van der Waals surface area (Å²) in [4.78, 5) is 18.2. The van der Waals surface area contributed by atoms with Crippen LogP contribution in [0.5, 0.6) is 0 Å². The monoisotopic (exact) mass is 364 g/mol. The first kappa shape index (κ1) is 18.4. The lowest BCUT2D eigenvalue weighted by molar-refractivity contribution is -0.137. The number of hydrogen-bond donors (Lipinski definition) is 0. The minimum atomic E-state index is -4.46. The highest BCUT2D eigenvalue weighted by Gasteiger charge is 2.32. The standard InChI is InChI=1S/C19H19F3N2O2/c20-19(21,22)16-6-1-5-15(10-16)18(25)24-9-3-7-17(12-24)26-13-14-4-2-8-23-11-14/h1-2,4-6,8,10-11,17H,3,7,9,12-13H2. The molecule has 7 heteroatoms. The highest BCUT2D eigenvalue weighted by atomic mass is 19.4. The molecule has 0 aliphatic carbocycles. The van der Waals surface area contributed by atoms with E-state index in [-0.39, 0.29) is 11.7 Å². The quantitative estimate of drug-likeness (QED) is 0.826. The van der Waals surface area contributed by atoms with E-state index in [1.165, 1.54) is 12.1 Å². The average molecular weight is 364 g/mol. The topological polar surface area (TPSA) is 42.4 Å². The summed E-state index contributed by atoms with van der Waals surface area (Å²) in [5, 5.41) is 0. The maximum absolute atomic E-state index is 12.8. The molecule has 3 rings (SSSR count). The van der Waals surface area contributed by atoms with Crippen molar-refractivity contribution >= 4 is 5.91 Å². The van der Waals surface area contributed by atoms with Gasteiger partial charge < -0.3 is 9.64 Å². The number of halogens is 3. The minimum absolute atomic E-state index is 0.0488. The molecular formula is C19H19F3N2O2. The van der Waals surface area contributed by atoms with Crippen molar-refractivity contribution in [1.82, 2.24) is 9.88 Å². The Morgan fingerprint density at radius 2 is 2.12 bits per heavy atom. The fraction of sp³-hybridized carbons (Fsp3) is 0.368. The molecule has 0 bridgehead atoms. The molecule has 1 aliphatic heterocycles. The van der Waals surface area contributed by atoms with Crippen molar-refractivity contribution in [3.63, 3.8) is 0 Å². The molecule has 4 nitrogen and oxygen atoms in total. The number of aromatic nitrogens is 1. The van der Waals surface area contributed by atoms with Gasteiger partial charge in [-0.15, -0.1) is 0 Å². The van der Waals surface area contributed by atoms with Crippen molar-refractivity contribution in [3.05, 3.63) is 65.5 Å². The van der Waals surface area contributed by atoms with Gasteiger partial charge >= 0.3 is 6.18 Å². The number of hydrogen-bond acceptors (Lipinski definition) is 3. The lowest BCUT2D eigenvalue weighted by Gasteiger charge is -2.33. The number of rotatable bonds is 4. The second-order valence-electron chi connectivity index (χ2n) is 6.27. The van der Waals surface area contributed by atoms with Gasteiger partial charge in [-0.1, -0.05) is 12.1 Å². The zero-order valence-corrected chi connectivity index (χ0v) is 14.1. The number of nitrogens with zero attached hydrogens (tertiary/aromatic N) is 2. The Labute approximate surface area is 149 Å². The van der Waals surface area contributed by atoms with Gasteiger partial charge in [0.15, 0.2) is 0 Å². The van der Waals surface area contributed by atoms with Crippen LogP contribution in [0.2, 0.25) is 0 Å². The van der Waals surface area contributed by atoms with Gasteiger partial charge in [0.1, 0.15) is 0 Å². The Hall–Kier alpha value is -2.41. The highest BCUT2D eigenvalue weighted by molar-refractivity contribution is 5.94. The van der Waals surface area contributed by atoms with Crippen molar-refractivity contribution in [2.75, 3.05) is 13.1 Å². The van der Waals surface area contributed by atoms with E-state index in [4.69, 9.17) is 4.74 Å². The SMILES string of the molecule is O=C(c1cccc(C(F)(F)F)c1)N1CCCC(OCc2cccnc2)C1. The first-order valence-corrected chi connectivity index (χ1v) is 8.40. The smallest absolute Gasteiger partial charge is 0.372 e. The van der Waals surface area contributed by atoms with E-state index in [0.29, 0.717) is 19.7 Å². The van der Waals surface area contributed by atoms with Gasteiger partial charge in [0.2, 0.25) is 0 Å². The molecule has 1 saturated heterocycles. The summed E-state index contributed by atoms with van der Waals surface area (Å²) < 4.78 is 44.4. The van der Waals surface area contributed by atoms with E-state index in [9.17, 15) is 18.0 Å². The summed E-state index contributed by atoms with van der Waals surface area (Å²) in [6.45, 7) is 1.28. The Balaban J connectivity index is 1.63. The van der Waals surface area contributed by atoms with E-state index >= 15 is 0 Å². The number of amides is 1. The maximum Gasteiger partial charge on any atom is 0.416 e. The van der Waals surface area contributed by atoms with Crippen LogP contribution in [-0.4, -0.2) is 35.0 Å². The fourth-order valence-corrected chi connectivity index (χ4v) is 2.97. The molecule has 26 heavy (non-hydrogen) atoms. The molecule has 1 amide bonds. The molecule has 1 unspecified atom stereocenters. The van der Waals surface area contributed by atoms with Crippen molar-refractivity contribution in [1.29, 1.82) is 0 Å². The van der Waals surface area contributed by atoms with Gasteiger partial charge in [-0.3, -0.25) is 9.78 Å². The number of alkyl halides is 3. The molecule has 1 aromatic heterocycles. The van der Waals surface area contributed by atoms with Gasteiger partial charge in [0, 0.05) is 31.0 Å². The number of piperidine rings is 1. The number of ether oxygens (including phenoxy) is 1. The summed E-state index contributed by atoms with van der Waals surface area (Å²) in [5.74, 6) is -0.397. The van der Waals surface area contributed by atoms with Gasteiger partial charge in [-0.2, -0.15) is 13.2 Å². The van der Waals surface area contributed by atoms with Crippen LogP contribution in [0.25, 0.3) is 0 Å². The second kappa shape index (κ2) is 7.86. The van der Waals surface area contributed by atoms with Crippen LogP contribution in [0, 0.1) is 0 Å². The molecule has 1 aliphatic rings. The first-order valence-electron chi connectivity index (χ1n) is 8.40. The summed E-state index contributed by atoms with van der Waals surface area (Å²) in [6, 6.07) is 8.27. The van der Waals surface area contributed by atoms with Crippen molar-refractivity contribution in [2.24, 2.45) is 0 Å². The van der Waals surface area contributed by atoms with Crippen LogP contribution in [0.15, 0.2) is 48.8 Å². The number of pyridine rings is 1. The van der Waals surface area contributed by atoms with Crippen molar-refractivity contribution in [3.8, 4) is 0 Å². The summed E-state index contributed by atoms with van der Waals surface area (Å²) in [6.07, 6.45) is 0.356. The second-order valence-corrected chi connectivity index (χ2v) is 6.27. The largest absolute Gasteiger partial charge is 0.416 e. The van der Waals surface area contributed by atoms with Crippen molar-refractivity contribution < 1.29 is 22.7 Å². The van der Waals surface area contributed by atoms with Gasteiger partial charge in [-0.25, -0.2) is 0 Å². The average Bonchev–Trinajstić information content (AvgIpc) is 2.66. The molecule has 1 fully saturated rings. The third-order valence-corrected chi connectivity index (χ3v) is 4.31. The molecule has 0 saturated carbocycles. The van der Waals surface area contributed by atoms with Crippen molar-refractivity contribution in [2.45, 2.75) is 31.7 Å². The van der Waals surface area contributed by atoms with Gasteiger partial charge in [-0.05, 0) is 42.7 Å². The summed E-state index contributed by atoms with van der Waals surface area (Å²) in [5.41, 5.74) is 0.172. The lowest BCUT2D eigenvalue weighted by atomic mass is 10.0. The third kappa shape index (κ3) is 4.60. The van der Waals surface area contributed by atoms with E-state index in [1.54, 1.807) is 17.3 Å². The zero-order valence-electron chi connectivity index (χ0n) is 14.1. The molecule has 2 aromatic rings. The molecule has 138 valence electrons. The Morgan fingerprint density at radius 1 is 1.27 bits per heavy atom. The van der Waals surface area contributed by atoms with E-state index in [1.807, 2.05) is 12.1 Å². The van der Waals surface area contributed by atoms with Crippen LogP contribution in [0.1, 0.15) is 34.3 Å². The molecule has 0 N–H and O–H groups in total.